The van der Waals surface area contributed by atoms with Gasteiger partial charge in [0.25, 0.3) is 0 Å². The van der Waals surface area contributed by atoms with E-state index < -0.39 is 0 Å². The van der Waals surface area contributed by atoms with Crippen molar-refractivity contribution in [1.29, 1.82) is 0 Å². The highest BCUT2D eigenvalue weighted by molar-refractivity contribution is 5.12. The number of nitrogens with zero attached hydrogens (tertiary/aromatic N) is 1. The van der Waals surface area contributed by atoms with Crippen molar-refractivity contribution < 1.29 is 0 Å². The van der Waals surface area contributed by atoms with Crippen LogP contribution in [0.15, 0.2) is 12.3 Å². The molecule has 0 aromatic carbocycles. The Hall–Kier alpha value is -0.790. The monoisotopic (exact) mass is 152 g/mol. The summed E-state index contributed by atoms with van der Waals surface area (Å²) in [7, 11) is 0. The molecule has 0 aliphatic rings. The lowest BCUT2D eigenvalue weighted by Crippen LogP contribution is -2.19. The highest BCUT2D eigenvalue weighted by atomic mass is 15.1. The minimum absolute atomic E-state index is 0.264. The third kappa shape index (κ3) is 1.44. The summed E-state index contributed by atoms with van der Waals surface area (Å²) in [5.41, 5.74) is 1.45. The molecule has 1 aromatic rings. The molecule has 1 aromatic heterocycles. The first-order chi connectivity index (χ1) is 5.23. The number of hydrogen-bond donors (Lipinski definition) is 1. The Morgan fingerprint density at radius 3 is 2.45 bits per heavy atom. The summed E-state index contributed by atoms with van der Waals surface area (Å²) in [6, 6.07) is 2.06. The van der Waals surface area contributed by atoms with Crippen molar-refractivity contribution in [2.24, 2.45) is 0 Å². The summed E-state index contributed by atoms with van der Waals surface area (Å²) in [4.78, 5) is 0. The van der Waals surface area contributed by atoms with Gasteiger partial charge in [0.15, 0.2) is 0 Å². The maximum atomic E-state index is 4.20. The standard InChI is InChI=1S/C9H16N2/c1-4-9(3,5-2)8-6-7-10-11-8/h6-7H,4-5H2,1-3H3,(H,10,11). The smallest absolute Gasteiger partial charge is 0.0680 e. The van der Waals surface area contributed by atoms with Gasteiger partial charge in [-0.3, -0.25) is 5.10 Å². The number of aromatic nitrogens is 2. The first kappa shape index (κ1) is 8.31. The van der Waals surface area contributed by atoms with Crippen LogP contribution in [0.25, 0.3) is 0 Å². The molecule has 0 saturated carbocycles. The van der Waals surface area contributed by atoms with Crippen molar-refractivity contribution >= 4 is 0 Å². The van der Waals surface area contributed by atoms with Crippen LogP contribution in [-0.2, 0) is 5.41 Å². The van der Waals surface area contributed by atoms with E-state index in [2.05, 4.69) is 37.0 Å². The molecule has 62 valence electrons. The van der Waals surface area contributed by atoms with Gasteiger partial charge in [-0.1, -0.05) is 20.8 Å². The summed E-state index contributed by atoms with van der Waals surface area (Å²) in [6.07, 6.45) is 4.18. The molecule has 0 fully saturated rings. The SMILES string of the molecule is CCC(C)(CC)c1cc[nH]n1. The first-order valence-electron chi connectivity index (χ1n) is 4.23. The lowest BCUT2D eigenvalue weighted by Gasteiger charge is -2.23. The van der Waals surface area contributed by atoms with Gasteiger partial charge in [-0.05, 0) is 18.9 Å². The summed E-state index contributed by atoms with van der Waals surface area (Å²) in [5.74, 6) is 0. The van der Waals surface area contributed by atoms with Crippen molar-refractivity contribution in [3.63, 3.8) is 0 Å². The van der Waals surface area contributed by atoms with Crippen LogP contribution >= 0.6 is 0 Å². The topological polar surface area (TPSA) is 28.7 Å². The third-order valence-electron chi connectivity index (χ3n) is 2.68. The van der Waals surface area contributed by atoms with Crippen molar-refractivity contribution in [3.8, 4) is 0 Å². The molecular weight excluding hydrogens is 136 g/mol. The van der Waals surface area contributed by atoms with Crippen LogP contribution in [0.5, 0.6) is 0 Å². The average Bonchev–Trinajstić information content (AvgIpc) is 2.55. The van der Waals surface area contributed by atoms with Crippen molar-refractivity contribution in [1.82, 2.24) is 10.2 Å². The Morgan fingerprint density at radius 2 is 2.09 bits per heavy atom. The lowest BCUT2D eigenvalue weighted by molar-refractivity contribution is 0.425. The molecule has 1 rings (SSSR count). The van der Waals surface area contributed by atoms with Crippen LogP contribution in [-0.4, -0.2) is 10.2 Å². The molecule has 0 spiro atoms. The highest BCUT2D eigenvalue weighted by Gasteiger charge is 2.23. The van der Waals surface area contributed by atoms with E-state index in [-0.39, 0.29) is 5.41 Å². The fourth-order valence-corrected chi connectivity index (χ4v) is 1.21. The fourth-order valence-electron chi connectivity index (χ4n) is 1.21. The third-order valence-corrected chi connectivity index (χ3v) is 2.68. The Labute approximate surface area is 68.0 Å². The van der Waals surface area contributed by atoms with Crippen molar-refractivity contribution in [2.45, 2.75) is 39.0 Å². The van der Waals surface area contributed by atoms with Crippen LogP contribution in [0.3, 0.4) is 0 Å². The van der Waals surface area contributed by atoms with Crippen LogP contribution < -0.4 is 0 Å². The zero-order valence-corrected chi connectivity index (χ0v) is 7.52. The van der Waals surface area contributed by atoms with E-state index in [4.69, 9.17) is 0 Å². The second-order valence-electron chi connectivity index (χ2n) is 3.23. The van der Waals surface area contributed by atoms with E-state index >= 15 is 0 Å². The molecule has 11 heavy (non-hydrogen) atoms. The average molecular weight is 152 g/mol. The van der Waals surface area contributed by atoms with E-state index in [1.54, 1.807) is 0 Å². The van der Waals surface area contributed by atoms with Crippen LogP contribution in [0, 0.1) is 0 Å². The molecule has 0 aliphatic carbocycles. The molecule has 0 saturated heterocycles. The highest BCUT2D eigenvalue weighted by Crippen LogP contribution is 2.28. The predicted molar refractivity (Wildman–Crippen MR) is 46.5 cm³/mol. The zero-order chi connectivity index (χ0) is 8.32. The van der Waals surface area contributed by atoms with Crippen LogP contribution in [0.2, 0.25) is 0 Å². The molecule has 1 heterocycles. The minimum Gasteiger partial charge on any atom is -0.285 e. The second-order valence-corrected chi connectivity index (χ2v) is 3.23. The Morgan fingerprint density at radius 1 is 1.45 bits per heavy atom. The van der Waals surface area contributed by atoms with E-state index in [1.165, 1.54) is 5.69 Å². The quantitative estimate of drug-likeness (QED) is 0.708. The number of H-pyrrole nitrogens is 1. The van der Waals surface area contributed by atoms with Gasteiger partial charge in [0.1, 0.15) is 0 Å². The van der Waals surface area contributed by atoms with Gasteiger partial charge in [-0.25, -0.2) is 0 Å². The molecule has 0 unspecified atom stereocenters. The normalized spacial score (nSPS) is 11.9. The van der Waals surface area contributed by atoms with Gasteiger partial charge < -0.3 is 0 Å². The van der Waals surface area contributed by atoms with Crippen molar-refractivity contribution in [3.05, 3.63) is 18.0 Å². The summed E-state index contributed by atoms with van der Waals surface area (Å²) >= 11 is 0. The molecule has 0 amide bonds. The number of aromatic amines is 1. The summed E-state index contributed by atoms with van der Waals surface area (Å²) < 4.78 is 0. The second kappa shape index (κ2) is 3.07. The van der Waals surface area contributed by atoms with Gasteiger partial charge in [0, 0.05) is 11.6 Å². The number of hydrogen-bond acceptors (Lipinski definition) is 1. The molecule has 2 heteroatoms. The Bertz CT molecular complexity index is 197. The number of nitrogens with one attached hydrogen (secondary N) is 1. The molecule has 1 N–H and O–H groups in total. The Balaban J connectivity index is 2.87. The number of rotatable bonds is 3. The maximum Gasteiger partial charge on any atom is 0.0680 e. The molecule has 0 radical (unpaired) electrons. The molecule has 0 bridgehead atoms. The van der Waals surface area contributed by atoms with E-state index in [0.717, 1.165) is 12.8 Å². The van der Waals surface area contributed by atoms with E-state index in [9.17, 15) is 0 Å². The van der Waals surface area contributed by atoms with Crippen molar-refractivity contribution in [2.75, 3.05) is 0 Å². The summed E-state index contributed by atoms with van der Waals surface area (Å²) in [5, 5.41) is 7.06. The van der Waals surface area contributed by atoms with Gasteiger partial charge in [-0.2, -0.15) is 5.10 Å². The van der Waals surface area contributed by atoms with Crippen LogP contribution in [0.4, 0.5) is 0 Å². The molecule has 2 nitrogen and oxygen atoms in total. The molecule has 0 atom stereocenters. The van der Waals surface area contributed by atoms with E-state index in [0.29, 0.717) is 0 Å². The van der Waals surface area contributed by atoms with Gasteiger partial charge in [0.05, 0.1) is 5.69 Å². The van der Waals surface area contributed by atoms with Gasteiger partial charge in [-0.15, -0.1) is 0 Å². The minimum atomic E-state index is 0.264. The van der Waals surface area contributed by atoms with E-state index in [1.807, 2.05) is 6.20 Å². The van der Waals surface area contributed by atoms with Gasteiger partial charge >= 0.3 is 0 Å². The fraction of sp³-hybridized carbons (Fsp3) is 0.667. The molecular formula is C9H16N2. The first-order valence-corrected chi connectivity index (χ1v) is 4.23. The largest absolute Gasteiger partial charge is 0.285 e. The van der Waals surface area contributed by atoms with Gasteiger partial charge in [0.2, 0.25) is 0 Å². The zero-order valence-electron chi connectivity index (χ0n) is 7.52. The Kier molecular flexibility index (Phi) is 2.32. The maximum absolute atomic E-state index is 4.20. The predicted octanol–water partition coefficient (Wildman–Crippen LogP) is 2.49. The summed E-state index contributed by atoms with van der Waals surface area (Å²) in [6.45, 7) is 6.67. The molecule has 0 aliphatic heterocycles. The lowest BCUT2D eigenvalue weighted by atomic mass is 9.82. The van der Waals surface area contributed by atoms with Crippen LogP contribution in [0.1, 0.15) is 39.3 Å².